The number of halogens is 2. The fraction of sp³-hybridized carbons (Fsp3) is 0.154. The highest BCUT2D eigenvalue weighted by Crippen LogP contribution is 2.33. The van der Waals surface area contributed by atoms with Gasteiger partial charge < -0.3 is 9.84 Å². The lowest BCUT2D eigenvalue weighted by Gasteiger charge is -2.09. The first-order valence-electron chi connectivity index (χ1n) is 4.97. The molecule has 0 bridgehead atoms. The highest BCUT2D eigenvalue weighted by molar-refractivity contribution is 6.35. The van der Waals surface area contributed by atoms with Crippen LogP contribution in [0.3, 0.4) is 0 Å². The van der Waals surface area contributed by atoms with Gasteiger partial charge in [-0.3, -0.25) is 0 Å². The third-order valence-corrected chi connectivity index (χ3v) is 2.41. The molecular weight excluding hydrogens is 275 g/mol. The third-order valence-electron chi connectivity index (χ3n) is 1.91. The van der Waals surface area contributed by atoms with Crippen LogP contribution >= 0.6 is 23.2 Å². The molecule has 1 N–H and O–H groups in total. The zero-order valence-electron chi connectivity index (χ0n) is 9.54. The van der Waals surface area contributed by atoms with Gasteiger partial charge in [0, 0.05) is 16.7 Å². The predicted molar refractivity (Wildman–Crippen MR) is 72.1 cm³/mol. The SMILES string of the molecule is CC#CCOc1c(Cl)cc(Cl)cc1C=CC(=O)O. The van der Waals surface area contributed by atoms with Gasteiger partial charge in [-0.05, 0) is 25.1 Å². The maximum atomic E-state index is 10.5. The first-order chi connectivity index (χ1) is 8.54. The van der Waals surface area contributed by atoms with Crippen LogP contribution < -0.4 is 4.74 Å². The molecule has 0 radical (unpaired) electrons. The van der Waals surface area contributed by atoms with Crippen LogP contribution in [0, 0.1) is 11.8 Å². The van der Waals surface area contributed by atoms with Crippen LogP contribution in [-0.2, 0) is 4.79 Å². The number of carboxylic acid groups (broad SMARTS) is 1. The second-order valence-electron chi connectivity index (χ2n) is 3.19. The highest BCUT2D eigenvalue weighted by atomic mass is 35.5. The molecule has 0 fully saturated rings. The zero-order chi connectivity index (χ0) is 13.5. The maximum absolute atomic E-state index is 10.5. The summed E-state index contributed by atoms with van der Waals surface area (Å²) in [5, 5.41) is 9.31. The van der Waals surface area contributed by atoms with Crippen molar-refractivity contribution >= 4 is 35.2 Å². The van der Waals surface area contributed by atoms with Crippen LogP contribution in [0.2, 0.25) is 10.0 Å². The Morgan fingerprint density at radius 3 is 2.83 bits per heavy atom. The van der Waals surface area contributed by atoms with Crippen molar-refractivity contribution in [1.29, 1.82) is 0 Å². The number of hydrogen-bond donors (Lipinski definition) is 1. The molecule has 0 aliphatic heterocycles. The fourth-order valence-electron chi connectivity index (χ4n) is 1.20. The highest BCUT2D eigenvalue weighted by Gasteiger charge is 2.08. The van der Waals surface area contributed by atoms with Crippen molar-refractivity contribution in [1.82, 2.24) is 0 Å². The number of aliphatic carboxylic acids is 1. The Balaban J connectivity index is 3.10. The molecule has 0 spiro atoms. The van der Waals surface area contributed by atoms with E-state index in [9.17, 15) is 4.79 Å². The van der Waals surface area contributed by atoms with Gasteiger partial charge in [-0.1, -0.05) is 29.1 Å². The van der Waals surface area contributed by atoms with Gasteiger partial charge in [-0.15, -0.1) is 5.92 Å². The van der Waals surface area contributed by atoms with Gasteiger partial charge in [0.25, 0.3) is 0 Å². The van der Waals surface area contributed by atoms with Crippen LogP contribution in [0.25, 0.3) is 6.08 Å². The van der Waals surface area contributed by atoms with E-state index >= 15 is 0 Å². The average molecular weight is 285 g/mol. The number of benzene rings is 1. The van der Waals surface area contributed by atoms with Gasteiger partial charge >= 0.3 is 5.97 Å². The van der Waals surface area contributed by atoms with E-state index in [1.165, 1.54) is 12.1 Å². The molecule has 0 amide bonds. The monoisotopic (exact) mass is 284 g/mol. The molecule has 0 aliphatic rings. The minimum atomic E-state index is -1.06. The first kappa shape index (κ1) is 14.4. The molecule has 0 saturated carbocycles. The summed E-state index contributed by atoms with van der Waals surface area (Å²) in [4.78, 5) is 10.5. The lowest BCUT2D eigenvalue weighted by molar-refractivity contribution is -0.131. The molecule has 0 aliphatic carbocycles. The Labute approximate surface area is 115 Å². The summed E-state index contributed by atoms with van der Waals surface area (Å²) in [6.45, 7) is 1.86. The van der Waals surface area contributed by atoms with E-state index in [-0.39, 0.29) is 6.61 Å². The lowest BCUT2D eigenvalue weighted by atomic mass is 10.2. The van der Waals surface area contributed by atoms with E-state index in [0.717, 1.165) is 6.08 Å². The Morgan fingerprint density at radius 2 is 2.22 bits per heavy atom. The van der Waals surface area contributed by atoms with Gasteiger partial charge in [-0.25, -0.2) is 4.79 Å². The summed E-state index contributed by atoms with van der Waals surface area (Å²) in [5.41, 5.74) is 0.493. The smallest absolute Gasteiger partial charge is 0.328 e. The van der Waals surface area contributed by atoms with Crippen molar-refractivity contribution < 1.29 is 14.6 Å². The second-order valence-corrected chi connectivity index (χ2v) is 4.04. The normalized spacial score (nSPS) is 9.94. The summed E-state index contributed by atoms with van der Waals surface area (Å²) in [6, 6.07) is 3.09. The van der Waals surface area contributed by atoms with Crippen molar-refractivity contribution in [3.8, 4) is 17.6 Å². The number of rotatable bonds is 4. The number of ether oxygens (including phenoxy) is 1. The van der Waals surface area contributed by atoms with Crippen LogP contribution in [0.4, 0.5) is 0 Å². The summed E-state index contributed by atoms with van der Waals surface area (Å²) in [7, 11) is 0. The summed E-state index contributed by atoms with van der Waals surface area (Å²) < 4.78 is 5.39. The zero-order valence-corrected chi connectivity index (χ0v) is 11.0. The van der Waals surface area contributed by atoms with Crippen LogP contribution in [-0.4, -0.2) is 17.7 Å². The quantitative estimate of drug-likeness (QED) is 0.680. The molecule has 0 atom stereocenters. The Bertz CT molecular complexity index is 539. The van der Waals surface area contributed by atoms with Gasteiger partial charge in [0.15, 0.2) is 0 Å². The summed E-state index contributed by atoms with van der Waals surface area (Å²) in [6.07, 6.45) is 2.36. The van der Waals surface area contributed by atoms with Crippen molar-refractivity contribution in [2.75, 3.05) is 6.61 Å². The van der Waals surface area contributed by atoms with E-state index in [1.807, 2.05) is 0 Å². The maximum Gasteiger partial charge on any atom is 0.328 e. The Kier molecular flexibility index (Phi) is 5.57. The van der Waals surface area contributed by atoms with E-state index in [1.54, 1.807) is 13.0 Å². The van der Waals surface area contributed by atoms with Crippen molar-refractivity contribution in [3.63, 3.8) is 0 Å². The van der Waals surface area contributed by atoms with Gasteiger partial charge in [0.2, 0.25) is 0 Å². The Morgan fingerprint density at radius 1 is 1.50 bits per heavy atom. The summed E-state index contributed by atoms with van der Waals surface area (Å²) >= 11 is 11.8. The van der Waals surface area contributed by atoms with E-state index < -0.39 is 5.97 Å². The van der Waals surface area contributed by atoms with Gasteiger partial charge in [0.1, 0.15) is 12.4 Å². The lowest BCUT2D eigenvalue weighted by Crippen LogP contribution is -1.97. The van der Waals surface area contributed by atoms with E-state index in [2.05, 4.69) is 11.8 Å². The summed E-state index contributed by atoms with van der Waals surface area (Å²) in [5.74, 6) is 4.71. The van der Waals surface area contributed by atoms with E-state index in [0.29, 0.717) is 21.4 Å². The second kappa shape index (κ2) is 6.95. The van der Waals surface area contributed by atoms with Gasteiger partial charge in [0.05, 0.1) is 5.02 Å². The molecule has 1 aromatic carbocycles. The van der Waals surface area contributed by atoms with Crippen molar-refractivity contribution in [2.24, 2.45) is 0 Å². The molecule has 3 nitrogen and oxygen atoms in total. The fourth-order valence-corrected chi connectivity index (χ4v) is 1.76. The molecule has 0 aromatic heterocycles. The number of carbonyl (C=O) groups is 1. The molecule has 0 unspecified atom stereocenters. The van der Waals surface area contributed by atoms with Crippen molar-refractivity contribution in [3.05, 3.63) is 33.8 Å². The molecule has 0 saturated heterocycles. The predicted octanol–water partition coefficient (Wildman–Crippen LogP) is 3.49. The van der Waals surface area contributed by atoms with Crippen molar-refractivity contribution in [2.45, 2.75) is 6.92 Å². The average Bonchev–Trinajstić information content (AvgIpc) is 2.29. The largest absolute Gasteiger partial charge is 0.479 e. The molecule has 94 valence electrons. The minimum absolute atomic E-state index is 0.172. The molecular formula is C13H10Cl2O3. The van der Waals surface area contributed by atoms with Crippen LogP contribution in [0.1, 0.15) is 12.5 Å². The molecule has 1 aromatic rings. The molecule has 0 heterocycles. The topological polar surface area (TPSA) is 46.5 Å². The molecule has 18 heavy (non-hydrogen) atoms. The number of carboxylic acids is 1. The van der Waals surface area contributed by atoms with Crippen LogP contribution in [0.5, 0.6) is 5.75 Å². The molecule has 1 rings (SSSR count). The first-order valence-corrected chi connectivity index (χ1v) is 5.72. The van der Waals surface area contributed by atoms with E-state index in [4.69, 9.17) is 33.0 Å². The standard InChI is InChI=1S/C13H10Cl2O3/c1-2-3-6-18-13-9(4-5-12(16)17)7-10(14)8-11(13)15/h4-5,7-8H,6H2,1H3,(H,16,17). The molecule has 5 heteroatoms. The minimum Gasteiger partial charge on any atom is -0.479 e. The van der Waals surface area contributed by atoms with Crippen LogP contribution in [0.15, 0.2) is 18.2 Å². The van der Waals surface area contributed by atoms with Gasteiger partial charge in [-0.2, -0.15) is 0 Å². The Hall–Kier alpha value is -1.63. The number of hydrogen-bond acceptors (Lipinski definition) is 2. The third kappa shape index (κ3) is 4.33.